The molecule has 0 aromatic heterocycles. The first-order valence-corrected chi connectivity index (χ1v) is 7.75. The Labute approximate surface area is 134 Å². The molecule has 0 fully saturated rings. The standard InChI is InChI=1S/C16H22F3N3O/c1-4-21(5-2)11-12(3)22-14(13-9-7-6-8-10-13)20-15(23-22)16(17,18)19/h6-10,12,14H,4-5,11H2,1-3H3/t12?,14-/m1/s1. The molecule has 0 N–H and O–H groups in total. The van der Waals surface area contributed by atoms with Crippen molar-refractivity contribution in [2.75, 3.05) is 19.6 Å². The molecule has 1 unspecified atom stereocenters. The molecule has 23 heavy (non-hydrogen) atoms. The van der Waals surface area contributed by atoms with E-state index >= 15 is 0 Å². The molecule has 1 aromatic carbocycles. The Bertz CT molecular complexity index is 529. The van der Waals surface area contributed by atoms with Crippen LogP contribution in [0.25, 0.3) is 0 Å². The Morgan fingerprint density at radius 2 is 1.83 bits per heavy atom. The smallest absolute Gasteiger partial charge is 0.378 e. The third-order valence-corrected chi connectivity index (χ3v) is 3.86. The van der Waals surface area contributed by atoms with Gasteiger partial charge >= 0.3 is 12.1 Å². The van der Waals surface area contributed by atoms with E-state index in [-0.39, 0.29) is 6.04 Å². The van der Waals surface area contributed by atoms with Gasteiger partial charge in [-0.25, -0.2) is 4.99 Å². The topological polar surface area (TPSA) is 28.1 Å². The van der Waals surface area contributed by atoms with Crippen molar-refractivity contribution in [1.29, 1.82) is 0 Å². The van der Waals surface area contributed by atoms with Gasteiger partial charge in [-0.1, -0.05) is 44.2 Å². The van der Waals surface area contributed by atoms with Crippen molar-refractivity contribution < 1.29 is 18.0 Å². The lowest BCUT2D eigenvalue weighted by Gasteiger charge is -2.31. The van der Waals surface area contributed by atoms with Crippen LogP contribution in [0.1, 0.15) is 32.5 Å². The average molecular weight is 329 g/mol. The third kappa shape index (κ3) is 4.23. The van der Waals surface area contributed by atoms with Crippen LogP contribution in [0, 0.1) is 0 Å². The van der Waals surface area contributed by atoms with Crippen LogP contribution in [0.4, 0.5) is 13.2 Å². The number of rotatable bonds is 6. The van der Waals surface area contributed by atoms with Crippen molar-refractivity contribution in [3.63, 3.8) is 0 Å². The fraction of sp³-hybridized carbons (Fsp3) is 0.562. The molecule has 1 heterocycles. The molecule has 0 aliphatic carbocycles. The highest BCUT2D eigenvalue weighted by Crippen LogP contribution is 2.34. The van der Waals surface area contributed by atoms with Gasteiger partial charge < -0.3 is 9.74 Å². The highest BCUT2D eigenvalue weighted by molar-refractivity contribution is 5.82. The van der Waals surface area contributed by atoms with Gasteiger partial charge in [0.05, 0.1) is 6.04 Å². The molecular weight excluding hydrogens is 307 g/mol. The second-order valence-electron chi connectivity index (χ2n) is 5.50. The van der Waals surface area contributed by atoms with Crippen LogP contribution in [0.3, 0.4) is 0 Å². The van der Waals surface area contributed by atoms with E-state index in [9.17, 15) is 13.2 Å². The molecule has 128 valence electrons. The van der Waals surface area contributed by atoms with Gasteiger partial charge in [0.2, 0.25) is 0 Å². The molecule has 2 rings (SSSR count). The molecule has 0 saturated heterocycles. The molecule has 0 bridgehead atoms. The summed E-state index contributed by atoms with van der Waals surface area (Å²) in [6, 6.07) is 8.66. The van der Waals surface area contributed by atoms with Crippen molar-refractivity contribution in [2.24, 2.45) is 4.99 Å². The molecule has 4 nitrogen and oxygen atoms in total. The van der Waals surface area contributed by atoms with Gasteiger partial charge in [-0.05, 0) is 25.6 Å². The maximum Gasteiger partial charge on any atom is 0.470 e. The van der Waals surface area contributed by atoms with Crippen LogP contribution in [0.2, 0.25) is 0 Å². The minimum absolute atomic E-state index is 0.233. The molecule has 1 aliphatic rings. The summed E-state index contributed by atoms with van der Waals surface area (Å²) in [5, 5.41) is 1.34. The van der Waals surface area contributed by atoms with E-state index in [0.717, 1.165) is 13.1 Å². The Balaban J connectivity index is 2.23. The summed E-state index contributed by atoms with van der Waals surface area (Å²) in [6.07, 6.45) is -5.37. The summed E-state index contributed by atoms with van der Waals surface area (Å²) in [5.41, 5.74) is 0.679. The van der Waals surface area contributed by atoms with E-state index in [1.54, 1.807) is 24.3 Å². The first-order valence-electron chi connectivity index (χ1n) is 7.75. The van der Waals surface area contributed by atoms with E-state index in [1.165, 1.54) is 5.06 Å². The van der Waals surface area contributed by atoms with Gasteiger partial charge in [0, 0.05) is 6.54 Å². The number of hydrogen-bond donors (Lipinski definition) is 0. The zero-order chi connectivity index (χ0) is 17.0. The van der Waals surface area contributed by atoms with Gasteiger partial charge in [-0.2, -0.15) is 13.2 Å². The van der Waals surface area contributed by atoms with Crippen LogP contribution in [0.5, 0.6) is 0 Å². The molecular formula is C16H22F3N3O. The van der Waals surface area contributed by atoms with Gasteiger partial charge in [0.15, 0.2) is 6.17 Å². The van der Waals surface area contributed by atoms with Gasteiger partial charge in [-0.3, -0.25) is 0 Å². The number of nitrogens with zero attached hydrogens (tertiary/aromatic N) is 3. The minimum Gasteiger partial charge on any atom is -0.378 e. The lowest BCUT2D eigenvalue weighted by Crippen LogP contribution is -2.43. The summed E-state index contributed by atoms with van der Waals surface area (Å²) in [4.78, 5) is 11.0. The number of halogens is 3. The van der Waals surface area contributed by atoms with Crippen LogP contribution in [0.15, 0.2) is 35.3 Å². The number of aliphatic imine (C=N–C) groups is 1. The second-order valence-corrected chi connectivity index (χ2v) is 5.50. The minimum atomic E-state index is -4.59. The molecule has 0 radical (unpaired) electrons. The summed E-state index contributed by atoms with van der Waals surface area (Å²) in [7, 11) is 0. The third-order valence-electron chi connectivity index (χ3n) is 3.86. The molecule has 1 aliphatic heterocycles. The van der Waals surface area contributed by atoms with Crippen LogP contribution in [-0.2, 0) is 4.84 Å². The number of alkyl halides is 3. The summed E-state index contributed by atoms with van der Waals surface area (Å²) in [5.74, 6) is -1.18. The van der Waals surface area contributed by atoms with Crippen LogP contribution < -0.4 is 0 Å². The Hall–Kier alpha value is -1.60. The number of hydroxylamine groups is 2. The van der Waals surface area contributed by atoms with Gasteiger partial charge in [0.25, 0.3) is 0 Å². The maximum absolute atomic E-state index is 13.0. The highest BCUT2D eigenvalue weighted by Gasteiger charge is 2.47. The Morgan fingerprint density at radius 3 is 2.35 bits per heavy atom. The van der Waals surface area contributed by atoms with E-state index < -0.39 is 18.2 Å². The highest BCUT2D eigenvalue weighted by atomic mass is 19.4. The predicted octanol–water partition coefficient (Wildman–Crippen LogP) is 3.62. The summed E-state index contributed by atoms with van der Waals surface area (Å²) < 4.78 is 39.0. The monoisotopic (exact) mass is 329 g/mol. The molecule has 7 heteroatoms. The van der Waals surface area contributed by atoms with E-state index in [2.05, 4.69) is 9.89 Å². The number of likely N-dealkylation sites (N-methyl/N-ethyl adjacent to an activating group) is 1. The maximum atomic E-state index is 13.0. The second kappa shape index (κ2) is 7.31. The van der Waals surface area contributed by atoms with Crippen molar-refractivity contribution in [1.82, 2.24) is 9.96 Å². The first kappa shape index (κ1) is 17.7. The lowest BCUT2D eigenvalue weighted by atomic mass is 10.1. The van der Waals surface area contributed by atoms with Crippen molar-refractivity contribution in [3.8, 4) is 0 Å². The Morgan fingerprint density at radius 1 is 1.22 bits per heavy atom. The fourth-order valence-corrected chi connectivity index (χ4v) is 2.58. The Kier molecular flexibility index (Phi) is 5.64. The largest absolute Gasteiger partial charge is 0.470 e. The van der Waals surface area contributed by atoms with Crippen LogP contribution >= 0.6 is 0 Å². The van der Waals surface area contributed by atoms with E-state index in [1.807, 2.05) is 26.8 Å². The SMILES string of the molecule is CCN(CC)CC(C)N1OC(C(F)(F)F)=N[C@H]1c1ccccc1. The van der Waals surface area contributed by atoms with Crippen molar-refractivity contribution in [3.05, 3.63) is 35.9 Å². The molecule has 2 atom stereocenters. The molecule has 0 saturated carbocycles. The molecule has 1 aromatic rings. The lowest BCUT2D eigenvalue weighted by molar-refractivity contribution is -0.155. The van der Waals surface area contributed by atoms with Crippen LogP contribution in [-0.4, -0.2) is 47.7 Å². The average Bonchev–Trinajstić information content (AvgIpc) is 2.99. The van der Waals surface area contributed by atoms with Gasteiger partial charge in [-0.15, -0.1) is 5.06 Å². The number of benzene rings is 1. The van der Waals surface area contributed by atoms with E-state index in [4.69, 9.17) is 4.84 Å². The zero-order valence-electron chi connectivity index (χ0n) is 13.5. The predicted molar refractivity (Wildman–Crippen MR) is 82.8 cm³/mol. The van der Waals surface area contributed by atoms with E-state index in [0.29, 0.717) is 12.1 Å². The number of hydrogen-bond acceptors (Lipinski definition) is 4. The van der Waals surface area contributed by atoms with Gasteiger partial charge in [0.1, 0.15) is 0 Å². The quantitative estimate of drug-likeness (QED) is 0.798. The van der Waals surface area contributed by atoms with Crippen molar-refractivity contribution >= 4 is 5.90 Å². The normalized spacial score (nSPS) is 20.5. The summed E-state index contributed by atoms with van der Waals surface area (Å²) >= 11 is 0. The zero-order valence-corrected chi connectivity index (χ0v) is 13.5. The molecule has 0 amide bonds. The molecule has 0 spiro atoms. The first-order chi connectivity index (χ1) is 10.9. The summed E-state index contributed by atoms with van der Waals surface area (Å²) in [6.45, 7) is 8.16. The fourth-order valence-electron chi connectivity index (χ4n) is 2.58. The van der Waals surface area contributed by atoms with Crippen molar-refractivity contribution in [2.45, 2.75) is 39.2 Å².